The van der Waals surface area contributed by atoms with E-state index >= 15 is 0 Å². The van der Waals surface area contributed by atoms with Gasteiger partial charge in [-0.3, -0.25) is 4.79 Å². The van der Waals surface area contributed by atoms with Gasteiger partial charge in [0.05, 0.1) is 11.8 Å². The summed E-state index contributed by atoms with van der Waals surface area (Å²) in [5.74, 6) is 1.85. The predicted octanol–water partition coefficient (Wildman–Crippen LogP) is 4.09. The minimum Gasteiger partial charge on any atom is -0.342 e. The van der Waals surface area contributed by atoms with Gasteiger partial charge in [0, 0.05) is 19.0 Å². The zero-order chi connectivity index (χ0) is 18.6. The van der Waals surface area contributed by atoms with Gasteiger partial charge in [0.2, 0.25) is 5.91 Å². The second-order valence-electron chi connectivity index (χ2n) is 7.69. The number of carbonyl (C=O) groups is 1. The second kappa shape index (κ2) is 8.46. The second-order valence-corrected chi connectivity index (χ2v) is 8.99. The van der Waals surface area contributed by atoms with E-state index in [1.807, 2.05) is 17.9 Å². The molecule has 2 aliphatic rings. The van der Waals surface area contributed by atoms with E-state index in [9.17, 15) is 4.79 Å². The number of benzene rings is 1. The van der Waals surface area contributed by atoms with Crippen LogP contribution >= 0.6 is 11.8 Å². The molecule has 27 heavy (non-hydrogen) atoms. The average Bonchev–Trinajstić information content (AvgIpc) is 3.50. The van der Waals surface area contributed by atoms with E-state index in [0.29, 0.717) is 5.92 Å². The number of hydrogen-bond donors (Lipinski definition) is 0. The van der Waals surface area contributed by atoms with Gasteiger partial charge in [-0.25, -0.2) is 0 Å². The molecule has 0 unspecified atom stereocenters. The third-order valence-electron chi connectivity index (χ3n) is 5.42. The van der Waals surface area contributed by atoms with Gasteiger partial charge in [0.15, 0.2) is 5.16 Å². The average molecular weight is 385 g/mol. The zero-order valence-corrected chi connectivity index (χ0v) is 16.8. The number of hydrogen-bond acceptors (Lipinski definition) is 4. The lowest BCUT2D eigenvalue weighted by Crippen LogP contribution is -2.37. The number of likely N-dealkylation sites (tertiary alicyclic amines) is 1. The topological polar surface area (TPSA) is 51.0 Å². The molecule has 0 spiro atoms. The summed E-state index contributed by atoms with van der Waals surface area (Å²) < 4.78 is 2.23. The first kappa shape index (κ1) is 18.5. The van der Waals surface area contributed by atoms with Crippen LogP contribution in [0.1, 0.15) is 62.8 Å². The van der Waals surface area contributed by atoms with E-state index in [1.54, 1.807) is 11.8 Å². The van der Waals surface area contributed by atoms with Crippen molar-refractivity contribution in [1.29, 1.82) is 0 Å². The SMILES string of the molecule is C[C@H](Sc1nnc(C2CC2)n1Cc1ccccc1)C(=O)N1CCCCCC1. The number of amides is 1. The van der Waals surface area contributed by atoms with Gasteiger partial charge in [-0.15, -0.1) is 10.2 Å². The van der Waals surface area contributed by atoms with Gasteiger partial charge < -0.3 is 9.47 Å². The normalized spacial score (nSPS) is 18.9. The Morgan fingerprint density at radius 1 is 1.11 bits per heavy atom. The summed E-state index contributed by atoms with van der Waals surface area (Å²) in [6.45, 7) is 4.57. The Balaban J connectivity index is 1.50. The van der Waals surface area contributed by atoms with Gasteiger partial charge in [-0.05, 0) is 38.2 Å². The first-order chi connectivity index (χ1) is 13.2. The highest BCUT2D eigenvalue weighted by molar-refractivity contribution is 8.00. The van der Waals surface area contributed by atoms with Crippen molar-refractivity contribution in [1.82, 2.24) is 19.7 Å². The summed E-state index contributed by atoms with van der Waals surface area (Å²) in [6, 6.07) is 10.4. The number of aromatic nitrogens is 3. The van der Waals surface area contributed by atoms with Gasteiger partial charge >= 0.3 is 0 Å². The van der Waals surface area contributed by atoms with Crippen LogP contribution in [-0.2, 0) is 11.3 Å². The summed E-state index contributed by atoms with van der Waals surface area (Å²) in [7, 11) is 0. The minimum absolute atomic E-state index is 0.131. The first-order valence-corrected chi connectivity index (χ1v) is 11.0. The highest BCUT2D eigenvalue weighted by atomic mass is 32.2. The number of thioether (sulfide) groups is 1. The molecule has 1 amide bonds. The van der Waals surface area contributed by atoms with Crippen LogP contribution in [0.2, 0.25) is 0 Å². The lowest BCUT2D eigenvalue weighted by atomic mass is 10.2. The standard InChI is InChI=1S/C21H28N4OS/c1-16(20(26)24-13-7-2-3-8-14-24)27-21-23-22-19(18-11-12-18)25(21)15-17-9-5-4-6-10-17/h4-6,9-10,16,18H,2-3,7-8,11-15H2,1H3/t16-/m0/s1. The van der Waals surface area contributed by atoms with Crippen molar-refractivity contribution in [2.45, 2.75) is 68.3 Å². The quantitative estimate of drug-likeness (QED) is 0.704. The van der Waals surface area contributed by atoms with Crippen LogP contribution in [0.25, 0.3) is 0 Å². The highest BCUT2D eigenvalue weighted by Crippen LogP contribution is 2.40. The molecule has 5 nitrogen and oxygen atoms in total. The van der Waals surface area contributed by atoms with Crippen LogP contribution in [0.4, 0.5) is 0 Å². The number of nitrogens with zero attached hydrogens (tertiary/aromatic N) is 4. The molecule has 1 saturated heterocycles. The molecule has 1 saturated carbocycles. The minimum atomic E-state index is -0.131. The summed E-state index contributed by atoms with van der Waals surface area (Å²) in [6.07, 6.45) is 7.11. The van der Waals surface area contributed by atoms with E-state index in [0.717, 1.165) is 43.5 Å². The number of carbonyl (C=O) groups excluding carboxylic acids is 1. The molecule has 4 rings (SSSR count). The molecular weight excluding hydrogens is 356 g/mol. The summed E-state index contributed by atoms with van der Waals surface area (Å²) in [4.78, 5) is 15.0. The largest absolute Gasteiger partial charge is 0.342 e. The molecule has 1 aromatic carbocycles. The van der Waals surface area contributed by atoms with Crippen LogP contribution in [0, 0.1) is 0 Å². The van der Waals surface area contributed by atoms with Crippen LogP contribution in [-0.4, -0.2) is 43.9 Å². The lowest BCUT2D eigenvalue weighted by Gasteiger charge is -2.23. The number of rotatable bonds is 6. The molecule has 2 aromatic rings. The van der Waals surface area contributed by atoms with E-state index in [2.05, 4.69) is 39.0 Å². The van der Waals surface area contributed by atoms with Gasteiger partial charge in [-0.1, -0.05) is 54.9 Å². The van der Waals surface area contributed by atoms with E-state index < -0.39 is 0 Å². The van der Waals surface area contributed by atoms with E-state index in [-0.39, 0.29) is 11.2 Å². The summed E-state index contributed by atoms with van der Waals surface area (Å²) in [5, 5.41) is 9.69. The Labute approximate surface area is 165 Å². The van der Waals surface area contributed by atoms with Crippen LogP contribution in [0.5, 0.6) is 0 Å². The Hall–Kier alpha value is -1.82. The van der Waals surface area contributed by atoms with Crippen LogP contribution in [0.15, 0.2) is 35.5 Å². The van der Waals surface area contributed by atoms with E-state index in [1.165, 1.54) is 31.2 Å². The maximum Gasteiger partial charge on any atom is 0.235 e. The molecule has 2 fully saturated rings. The maximum absolute atomic E-state index is 12.9. The van der Waals surface area contributed by atoms with Crippen molar-refractivity contribution >= 4 is 17.7 Å². The molecule has 0 radical (unpaired) electrons. The van der Waals surface area contributed by atoms with Gasteiger partial charge in [0.25, 0.3) is 0 Å². The fourth-order valence-corrected chi connectivity index (χ4v) is 4.64. The molecule has 0 bridgehead atoms. The van der Waals surface area contributed by atoms with E-state index in [4.69, 9.17) is 0 Å². The van der Waals surface area contributed by atoms with Crippen molar-refractivity contribution in [3.8, 4) is 0 Å². The fourth-order valence-electron chi connectivity index (χ4n) is 3.70. The molecule has 1 aliphatic carbocycles. The van der Waals surface area contributed by atoms with Crippen molar-refractivity contribution in [2.75, 3.05) is 13.1 Å². The smallest absolute Gasteiger partial charge is 0.235 e. The van der Waals surface area contributed by atoms with Crippen molar-refractivity contribution in [3.63, 3.8) is 0 Å². The Kier molecular flexibility index (Phi) is 5.81. The first-order valence-electron chi connectivity index (χ1n) is 10.1. The lowest BCUT2D eigenvalue weighted by molar-refractivity contribution is -0.130. The molecule has 6 heteroatoms. The molecule has 144 valence electrons. The summed E-state index contributed by atoms with van der Waals surface area (Å²) in [5.41, 5.74) is 1.24. The highest BCUT2D eigenvalue weighted by Gasteiger charge is 2.32. The van der Waals surface area contributed by atoms with Crippen molar-refractivity contribution in [2.24, 2.45) is 0 Å². The van der Waals surface area contributed by atoms with Gasteiger partial charge in [-0.2, -0.15) is 0 Å². The summed E-state index contributed by atoms with van der Waals surface area (Å²) >= 11 is 1.56. The Bertz CT molecular complexity index is 764. The monoisotopic (exact) mass is 384 g/mol. The third kappa shape index (κ3) is 4.54. The van der Waals surface area contributed by atoms with Gasteiger partial charge in [0.1, 0.15) is 5.82 Å². The molecule has 1 aromatic heterocycles. The Morgan fingerprint density at radius 2 is 1.81 bits per heavy atom. The van der Waals surface area contributed by atoms with Crippen LogP contribution in [0.3, 0.4) is 0 Å². The van der Waals surface area contributed by atoms with Crippen molar-refractivity contribution in [3.05, 3.63) is 41.7 Å². The fraction of sp³-hybridized carbons (Fsp3) is 0.571. The third-order valence-corrected chi connectivity index (χ3v) is 6.49. The maximum atomic E-state index is 12.9. The molecule has 1 atom stereocenters. The Morgan fingerprint density at radius 3 is 2.48 bits per heavy atom. The molecule has 2 heterocycles. The zero-order valence-electron chi connectivity index (χ0n) is 16.0. The molecule has 1 aliphatic heterocycles. The van der Waals surface area contributed by atoms with Crippen molar-refractivity contribution < 1.29 is 4.79 Å². The molecular formula is C21H28N4OS. The van der Waals surface area contributed by atoms with Crippen LogP contribution < -0.4 is 0 Å². The molecule has 0 N–H and O–H groups in total. The predicted molar refractivity (Wildman–Crippen MR) is 108 cm³/mol.